The summed E-state index contributed by atoms with van der Waals surface area (Å²) in [6.07, 6.45) is 1.78. The van der Waals surface area contributed by atoms with Crippen LogP contribution in [0, 0.1) is 12.9 Å². The molecule has 8 aromatic rings. The van der Waals surface area contributed by atoms with Gasteiger partial charge in [0, 0.05) is 45.4 Å². The zero-order valence-electron chi connectivity index (χ0n) is 45.7. The van der Waals surface area contributed by atoms with Crippen LogP contribution in [0.4, 0.5) is 0 Å². The number of hydrogen-bond acceptors (Lipinski definition) is 3. The van der Waals surface area contributed by atoms with E-state index in [1.165, 1.54) is 11.1 Å². The van der Waals surface area contributed by atoms with Crippen LogP contribution in [0.2, 0.25) is 0 Å². The standard InChI is InChI=1S/C61H66N3O.Pt/c1-37(2)43-33-50(38(3)4)57(65)52(34-43)58-63-56-49(44-30-45(32-48(31-44)61(12,13)14)53-35-42(28-29-62-53)40-20-18-39(5)19-21-40)16-15-17-55(56)64(58)54-27-26-47(60(9,10)11)36-51(54)41-22-24-46(25-23-41)59(6,7)8;/h15-29,31-38,65H,1-14H3;/q-1;/i5D3,37D,38D;. The largest absolute Gasteiger partial charge is 0.507 e. The molecule has 4 nitrogen and oxygen atoms in total. The minimum atomic E-state index is -2.19. The fourth-order valence-electron chi connectivity index (χ4n) is 8.50. The maximum Gasteiger partial charge on any atom is 0.148 e. The Kier molecular flexibility index (Phi) is 11.6. The van der Waals surface area contributed by atoms with Crippen molar-refractivity contribution in [3.8, 4) is 67.5 Å². The first-order chi connectivity index (χ1) is 32.4. The van der Waals surface area contributed by atoms with Gasteiger partial charge in [-0.3, -0.25) is 9.55 Å². The summed E-state index contributed by atoms with van der Waals surface area (Å²) in [5, 5.41) is 12.5. The van der Waals surface area contributed by atoms with Crippen LogP contribution >= 0.6 is 0 Å². The Morgan fingerprint density at radius 3 is 1.86 bits per heavy atom. The van der Waals surface area contributed by atoms with Crippen molar-refractivity contribution >= 4 is 11.0 Å². The van der Waals surface area contributed by atoms with Gasteiger partial charge in [-0.25, -0.2) is 4.98 Å². The van der Waals surface area contributed by atoms with Gasteiger partial charge < -0.3 is 5.11 Å². The third-order valence-electron chi connectivity index (χ3n) is 12.6. The van der Waals surface area contributed by atoms with Gasteiger partial charge in [-0.05, 0) is 104 Å². The van der Waals surface area contributed by atoms with E-state index in [0.717, 1.165) is 61.4 Å². The molecular weight excluding hydrogens is 986 g/mol. The number of imidazole rings is 1. The molecule has 66 heavy (non-hydrogen) atoms. The Labute approximate surface area is 415 Å². The topological polar surface area (TPSA) is 50.9 Å². The molecular formula is C61H66N3OPt-. The van der Waals surface area contributed by atoms with E-state index in [1.54, 1.807) is 38.2 Å². The van der Waals surface area contributed by atoms with Crippen molar-refractivity contribution in [2.45, 2.75) is 125 Å². The molecule has 0 radical (unpaired) electrons. The Hall–Kier alpha value is -5.57. The quantitative estimate of drug-likeness (QED) is 0.154. The van der Waals surface area contributed by atoms with E-state index in [2.05, 4.69) is 140 Å². The van der Waals surface area contributed by atoms with Gasteiger partial charge in [0.1, 0.15) is 11.6 Å². The first-order valence-corrected chi connectivity index (χ1v) is 22.7. The van der Waals surface area contributed by atoms with E-state index in [1.807, 2.05) is 50.2 Å². The molecule has 2 aromatic heterocycles. The summed E-state index contributed by atoms with van der Waals surface area (Å²) in [5.74, 6) is -1.80. The minimum Gasteiger partial charge on any atom is -0.507 e. The smallest absolute Gasteiger partial charge is 0.148 e. The van der Waals surface area contributed by atoms with Crippen molar-refractivity contribution in [2.75, 3.05) is 0 Å². The summed E-state index contributed by atoms with van der Waals surface area (Å²) in [6.45, 7) is 24.8. The first-order valence-electron chi connectivity index (χ1n) is 25.2. The van der Waals surface area contributed by atoms with Gasteiger partial charge in [-0.1, -0.05) is 186 Å². The predicted octanol–water partition coefficient (Wildman–Crippen LogP) is 16.7. The fourth-order valence-corrected chi connectivity index (χ4v) is 8.50. The molecule has 1 N–H and O–H groups in total. The number of phenols is 1. The summed E-state index contributed by atoms with van der Waals surface area (Å²) < 4.78 is 44.2. The summed E-state index contributed by atoms with van der Waals surface area (Å²) in [4.78, 5) is 10.4. The number of fused-ring (bicyclic) bond motifs is 1. The summed E-state index contributed by atoms with van der Waals surface area (Å²) in [5.41, 5.74) is 14.2. The number of aromatic hydroxyl groups is 1. The van der Waals surface area contributed by atoms with E-state index >= 15 is 0 Å². The zero-order chi connectivity index (χ0) is 51.1. The molecule has 0 aliphatic carbocycles. The van der Waals surface area contributed by atoms with Crippen molar-refractivity contribution in [1.82, 2.24) is 14.5 Å². The van der Waals surface area contributed by atoms with Crippen LogP contribution in [-0.4, -0.2) is 19.6 Å². The third kappa shape index (κ3) is 9.63. The molecule has 0 saturated carbocycles. The van der Waals surface area contributed by atoms with Crippen LogP contribution in [0.5, 0.6) is 5.75 Å². The maximum atomic E-state index is 12.5. The van der Waals surface area contributed by atoms with Crippen molar-refractivity contribution in [3.63, 3.8) is 0 Å². The fraction of sp³-hybridized carbons (Fsp3) is 0.311. The van der Waals surface area contributed by atoms with Crippen LogP contribution in [-0.2, 0) is 37.3 Å². The Morgan fingerprint density at radius 1 is 0.606 bits per heavy atom. The van der Waals surface area contributed by atoms with Crippen molar-refractivity contribution < 1.29 is 33.0 Å². The normalized spacial score (nSPS) is 13.9. The number of nitrogens with zero attached hydrogens (tertiary/aromatic N) is 3. The second kappa shape index (κ2) is 18.3. The Balaban J connectivity index is 0.00000741. The van der Waals surface area contributed by atoms with Crippen LogP contribution in [0.3, 0.4) is 0 Å². The monoisotopic (exact) mass is 1060 g/mol. The average molecular weight is 1060 g/mol. The van der Waals surface area contributed by atoms with Gasteiger partial charge in [0.05, 0.1) is 22.3 Å². The second-order valence-corrected chi connectivity index (χ2v) is 21.1. The number of benzene rings is 6. The molecule has 2 heterocycles. The van der Waals surface area contributed by atoms with E-state index in [4.69, 9.17) is 14.1 Å². The number of pyridine rings is 1. The Morgan fingerprint density at radius 2 is 1.24 bits per heavy atom. The van der Waals surface area contributed by atoms with Gasteiger partial charge in [0.25, 0.3) is 0 Å². The predicted molar refractivity (Wildman–Crippen MR) is 276 cm³/mol. The van der Waals surface area contributed by atoms with Gasteiger partial charge in [-0.2, -0.15) is 0 Å². The van der Waals surface area contributed by atoms with E-state index in [-0.39, 0.29) is 48.6 Å². The molecule has 342 valence electrons. The second-order valence-electron chi connectivity index (χ2n) is 21.1. The van der Waals surface area contributed by atoms with Crippen molar-refractivity contribution in [1.29, 1.82) is 0 Å². The van der Waals surface area contributed by atoms with Gasteiger partial charge >= 0.3 is 0 Å². The number of hydrogen-bond donors (Lipinski definition) is 1. The number of aryl methyl sites for hydroxylation is 1. The molecule has 6 aromatic carbocycles. The van der Waals surface area contributed by atoms with Crippen LogP contribution in [0.15, 0.2) is 128 Å². The Bertz CT molecular complexity index is 3260. The molecule has 0 spiro atoms. The third-order valence-corrected chi connectivity index (χ3v) is 12.6. The summed E-state index contributed by atoms with van der Waals surface area (Å²) in [6, 6.07) is 44.3. The van der Waals surface area contributed by atoms with E-state index < -0.39 is 18.6 Å². The molecule has 0 aliphatic rings. The number of aromatic nitrogens is 3. The average Bonchev–Trinajstić information content (AvgIpc) is 3.66. The number of para-hydroxylation sites is 1. The molecule has 0 fully saturated rings. The molecule has 0 bridgehead atoms. The zero-order valence-corrected chi connectivity index (χ0v) is 43.0. The molecule has 0 atom stereocenters. The van der Waals surface area contributed by atoms with Crippen LogP contribution in [0.1, 0.15) is 142 Å². The minimum absolute atomic E-state index is 0. The molecule has 0 unspecified atom stereocenters. The van der Waals surface area contributed by atoms with E-state index in [9.17, 15) is 7.85 Å². The molecule has 0 amide bonds. The molecule has 0 aliphatic heterocycles. The molecule has 8 rings (SSSR count). The summed E-state index contributed by atoms with van der Waals surface area (Å²) >= 11 is 0. The summed E-state index contributed by atoms with van der Waals surface area (Å²) in [7, 11) is 0. The number of phenolic OH excluding ortho intramolecular Hbond substituents is 1. The maximum absolute atomic E-state index is 12.5. The SMILES string of the molecule is [2H]C([2H])([2H])c1ccc(-c2ccnc(-c3[c-]c(-c4cccc5c4nc(-c4cc(C([2H])(C)C)cc(C([2H])(C)C)c4O)n5-c4ccc(C(C)(C)C)cc4-c4ccc(C(C)(C)C)cc4)cc(C(C)(C)C)c3)c2)cc1.[Pt]. The van der Waals surface area contributed by atoms with Crippen molar-refractivity contribution in [3.05, 3.63) is 167 Å². The van der Waals surface area contributed by atoms with Gasteiger partial charge in [0.2, 0.25) is 0 Å². The van der Waals surface area contributed by atoms with E-state index in [0.29, 0.717) is 28.0 Å². The molecule has 0 saturated heterocycles. The van der Waals surface area contributed by atoms with Crippen LogP contribution < -0.4 is 0 Å². The number of rotatable bonds is 8. The van der Waals surface area contributed by atoms with Crippen LogP contribution in [0.25, 0.3) is 72.7 Å². The van der Waals surface area contributed by atoms with Gasteiger partial charge in [-0.15, -0.1) is 29.3 Å². The van der Waals surface area contributed by atoms with Crippen molar-refractivity contribution in [2.24, 2.45) is 0 Å². The van der Waals surface area contributed by atoms with Gasteiger partial charge in [0.15, 0.2) is 0 Å². The molecule has 5 heteroatoms. The first kappa shape index (κ1) is 41.8.